The van der Waals surface area contributed by atoms with Gasteiger partial charge in [0.1, 0.15) is 5.75 Å². The molecule has 0 aliphatic carbocycles. The van der Waals surface area contributed by atoms with Gasteiger partial charge < -0.3 is 10.4 Å². The SMILES string of the molecule is Cc1ccccc1NCC(=O)NN=Cc1cc(Br)cc(C)c1O. The summed E-state index contributed by atoms with van der Waals surface area (Å²) in [6.45, 7) is 3.88. The first kappa shape index (κ1) is 17.0. The highest BCUT2D eigenvalue weighted by Gasteiger charge is 2.05. The van der Waals surface area contributed by atoms with Crippen LogP contribution in [-0.4, -0.2) is 23.8 Å². The second kappa shape index (κ2) is 7.78. The lowest BCUT2D eigenvalue weighted by molar-refractivity contribution is -0.119. The number of hydrazone groups is 1. The zero-order valence-electron chi connectivity index (χ0n) is 12.9. The Kier molecular flexibility index (Phi) is 5.76. The molecule has 2 aromatic rings. The van der Waals surface area contributed by atoms with Gasteiger partial charge >= 0.3 is 0 Å². The largest absolute Gasteiger partial charge is 0.507 e. The van der Waals surface area contributed by atoms with Crippen molar-refractivity contribution in [3.63, 3.8) is 0 Å². The first-order valence-electron chi connectivity index (χ1n) is 7.08. The maximum Gasteiger partial charge on any atom is 0.259 e. The minimum Gasteiger partial charge on any atom is -0.507 e. The lowest BCUT2D eigenvalue weighted by Gasteiger charge is -2.08. The van der Waals surface area contributed by atoms with Gasteiger partial charge in [-0.3, -0.25) is 4.79 Å². The Bertz CT molecular complexity index is 745. The van der Waals surface area contributed by atoms with Crippen molar-refractivity contribution in [2.24, 2.45) is 5.10 Å². The van der Waals surface area contributed by atoms with Crippen LogP contribution in [0.15, 0.2) is 46.0 Å². The van der Waals surface area contributed by atoms with Crippen molar-refractivity contribution in [1.29, 1.82) is 0 Å². The van der Waals surface area contributed by atoms with Crippen molar-refractivity contribution >= 4 is 33.7 Å². The average molecular weight is 376 g/mol. The number of hydrogen-bond acceptors (Lipinski definition) is 4. The quantitative estimate of drug-likeness (QED) is 0.554. The summed E-state index contributed by atoms with van der Waals surface area (Å²) in [5, 5.41) is 16.9. The number of carbonyl (C=O) groups is 1. The number of nitrogens with zero attached hydrogens (tertiary/aromatic N) is 1. The van der Waals surface area contributed by atoms with Crippen LogP contribution in [0.1, 0.15) is 16.7 Å². The number of nitrogens with one attached hydrogen (secondary N) is 2. The lowest BCUT2D eigenvalue weighted by atomic mass is 10.1. The summed E-state index contributed by atoms with van der Waals surface area (Å²) in [7, 11) is 0. The Morgan fingerprint density at radius 1 is 1.26 bits per heavy atom. The number of para-hydroxylation sites is 1. The second-order valence-corrected chi connectivity index (χ2v) is 6.04. The number of phenolic OH excluding ortho intramolecular Hbond substituents is 1. The van der Waals surface area contributed by atoms with Gasteiger partial charge in [-0.05, 0) is 43.2 Å². The van der Waals surface area contributed by atoms with Crippen LogP contribution >= 0.6 is 15.9 Å². The van der Waals surface area contributed by atoms with Gasteiger partial charge in [-0.2, -0.15) is 5.10 Å². The van der Waals surface area contributed by atoms with Crippen molar-refractivity contribution in [1.82, 2.24) is 5.43 Å². The number of phenols is 1. The molecule has 23 heavy (non-hydrogen) atoms. The standard InChI is InChI=1S/C17H18BrN3O2/c1-11-5-3-4-6-15(11)19-10-16(22)21-20-9-13-8-14(18)7-12(2)17(13)23/h3-9,19,23H,10H2,1-2H3,(H,21,22). The monoisotopic (exact) mass is 375 g/mol. The molecule has 1 amide bonds. The fourth-order valence-corrected chi connectivity index (χ4v) is 2.61. The van der Waals surface area contributed by atoms with E-state index in [2.05, 4.69) is 31.8 Å². The summed E-state index contributed by atoms with van der Waals surface area (Å²) >= 11 is 3.36. The molecule has 0 spiro atoms. The number of aromatic hydroxyl groups is 1. The first-order chi connectivity index (χ1) is 11.0. The van der Waals surface area contributed by atoms with Crippen LogP contribution in [0.25, 0.3) is 0 Å². The summed E-state index contributed by atoms with van der Waals surface area (Å²) in [5.41, 5.74) is 5.67. The van der Waals surface area contributed by atoms with Gasteiger partial charge in [0.25, 0.3) is 5.91 Å². The molecule has 2 rings (SSSR count). The van der Waals surface area contributed by atoms with Crippen molar-refractivity contribution in [3.05, 3.63) is 57.6 Å². The molecule has 0 saturated heterocycles. The molecule has 0 aromatic heterocycles. The third kappa shape index (κ3) is 4.82. The predicted octanol–water partition coefficient (Wildman–Crippen LogP) is 3.33. The molecule has 6 heteroatoms. The molecule has 0 aliphatic rings. The summed E-state index contributed by atoms with van der Waals surface area (Å²) < 4.78 is 0.835. The number of amides is 1. The first-order valence-corrected chi connectivity index (χ1v) is 7.87. The summed E-state index contributed by atoms with van der Waals surface area (Å²) in [6, 6.07) is 11.3. The molecule has 0 unspecified atom stereocenters. The van der Waals surface area contributed by atoms with Crippen LogP contribution < -0.4 is 10.7 Å². The molecular weight excluding hydrogens is 358 g/mol. The fraction of sp³-hybridized carbons (Fsp3) is 0.176. The molecule has 0 aliphatic heterocycles. The van der Waals surface area contributed by atoms with E-state index in [9.17, 15) is 9.90 Å². The Hall–Kier alpha value is -2.34. The molecule has 0 saturated carbocycles. The van der Waals surface area contributed by atoms with Crippen molar-refractivity contribution in [2.75, 3.05) is 11.9 Å². The minimum atomic E-state index is -0.268. The Morgan fingerprint density at radius 3 is 2.74 bits per heavy atom. The molecular formula is C17H18BrN3O2. The second-order valence-electron chi connectivity index (χ2n) is 5.12. The Balaban J connectivity index is 1.91. The number of aryl methyl sites for hydroxylation is 2. The van der Waals surface area contributed by atoms with Gasteiger partial charge in [0.05, 0.1) is 12.8 Å². The van der Waals surface area contributed by atoms with Crippen LogP contribution in [0.3, 0.4) is 0 Å². The normalized spacial score (nSPS) is 10.7. The molecule has 2 aromatic carbocycles. The lowest BCUT2D eigenvalue weighted by Crippen LogP contribution is -2.26. The van der Waals surface area contributed by atoms with Gasteiger partial charge in [-0.1, -0.05) is 34.1 Å². The van der Waals surface area contributed by atoms with Crippen LogP contribution in [-0.2, 0) is 4.79 Å². The van der Waals surface area contributed by atoms with E-state index in [4.69, 9.17) is 0 Å². The predicted molar refractivity (Wildman–Crippen MR) is 95.9 cm³/mol. The number of carbonyl (C=O) groups excluding carboxylic acids is 1. The highest BCUT2D eigenvalue weighted by atomic mass is 79.9. The molecule has 120 valence electrons. The van der Waals surface area contributed by atoms with E-state index in [1.165, 1.54) is 6.21 Å². The highest BCUT2D eigenvalue weighted by Crippen LogP contribution is 2.25. The minimum absolute atomic E-state index is 0.117. The summed E-state index contributed by atoms with van der Waals surface area (Å²) in [6.07, 6.45) is 1.42. The maximum absolute atomic E-state index is 11.8. The summed E-state index contributed by atoms with van der Waals surface area (Å²) in [4.78, 5) is 11.8. The third-order valence-corrected chi connectivity index (χ3v) is 3.73. The van der Waals surface area contributed by atoms with Gasteiger partial charge in [-0.15, -0.1) is 0 Å². The third-order valence-electron chi connectivity index (χ3n) is 3.27. The zero-order chi connectivity index (χ0) is 16.8. The average Bonchev–Trinajstić information content (AvgIpc) is 2.51. The van der Waals surface area contributed by atoms with Gasteiger partial charge in [0, 0.05) is 15.7 Å². The van der Waals surface area contributed by atoms with E-state index in [0.29, 0.717) is 5.56 Å². The van der Waals surface area contributed by atoms with Crippen LogP contribution in [0.5, 0.6) is 5.75 Å². The molecule has 5 nitrogen and oxygen atoms in total. The van der Waals surface area contributed by atoms with E-state index in [0.717, 1.165) is 21.3 Å². The van der Waals surface area contributed by atoms with E-state index in [1.807, 2.05) is 31.2 Å². The van der Waals surface area contributed by atoms with Gasteiger partial charge in [0.2, 0.25) is 0 Å². The van der Waals surface area contributed by atoms with Crippen LogP contribution in [0, 0.1) is 13.8 Å². The highest BCUT2D eigenvalue weighted by molar-refractivity contribution is 9.10. The molecule has 0 heterocycles. The number of rotatable bonds is 5. The smallest absolute Gasteiger partial charge is 0.259 e. The molecule has 0 atom stereocenters. The molecule has 3 N–H and O–H groups in total. The van der Waals surface area contributed by atoms with Crippen LogP contribution in [0.2, 0.25) is 0 Å². The van der Waals surface area contributed by atoms with E-state index in [-0.39, 0.29) is 18.2 Å². The van der Waals surface area contributed by atoms with Crippen molar-refractivity contribution in [3.8, 4) is 5.75 Å². The topological polar surface area (TPSA) is 73.7 Å². The molecule has 0 radical (unpaired) electrons. The Labute approximate surface area is 143 Å². The molecule has 0 fully saturated rings. The Morgan fingerprint density at radius 2 is 2.00 bits per heavy atom. The van der Waals surface area contributed by atoms with E-state index >= 15 is 0 Å². The zero-order valence-corrected chi connectivity index (χ0v) is 14.5. The van der Waals surface area contributed by atoms with Crippen molar-refractivity contribution < 1.29 is 9.90 Å². The van der Waals surface area contributed by atoms with Gasteiger partial charge in [0.15, 0.2) is 0 Å². The number of anilines is 1. The number of hydrogen-bond donors (Lipinski definition) is 3. The van der Waals surface area contributed by atoms with Gasteiger partial charge in [-0.25, -0.2) is 5.43 Å². The van der Waals surface area contributed by atoms with Crippen molar-refractivity contribution in [2.45, 2.75) is 13.8 Å². The fourth-order valence-electron chi connectivity index (χ4n) is 2.02. The van der Waals surface area contributed by atoms with E-state index < -0.39 is 0 Å². The van der Waals surface area contributed by atoms with E-state index in [1.54, 1.807) is 19.1 Å². The molecule has 0 bridgehead atoms. The number of halogens is 1. The summed E-state index contributed by atoms with van der Waals surface area (Å²) in [5.74, 6) is -0.125. The van der Waals surface area contributed by atoms with Crippen LogP contribution in [0.4, 0.5) is 5.69 Å². The maximum atomic E-state index is 11.8. The number of benzene rings is 2.